The number of carbonyl (C=O) groups is 2. The highest BCUT2D eigenvalue weighted by Gasteiger charge is 2.17. The molecule has 6 heteroatoms. The van der Waals surface area contributed by atoms with Crippen LogP contribution in [-0.2, 0) is 4.79 Å². The van der Waals surface area contributed by atoms with E-state index in [1.54, 1.807) is 35.9 Å². The SMILES string of the molecule is Cc1cc(C)c(NC(=O)[C@@H](C)Oc2ccc(C(=O)Nn3c(C)ccc3C)cc2)c(C)c1. The van der Waals surface area contributed by atoms with Crippen LogP contribution < -0.4 is 15.5 Å². The molecule has 0 aliphatic carbocycles. The van der Waals surface area contributed by atoms with Gasteiger partial charge in [0.15, 0.2) is 6.10 Å². The molecule has 0 radical (unpaired) electrons. The van der Waals surface area contributed by atoms with E-state index < -0.39 is 6.10 Å². The van der Waals surface area contributed by atoms with Crippen LogP contribution >= 0.6 is 0 Å². The zero-order valence-electron chi connectivity index (χ0n) is 18.9. The van der Waals surface area contributed by atoms with E-state index in [9.17, 15) is 9.59 Å². The number of benzene rings is 2. The first-order valence-corrected chi connectivity index (χ1v) is 10.3. The zero-order chi connectivity index (χ0) is 22.7. The molecule has 0 unspecified atom stereocenters. The molecule has 0 bridgehead atoms. The Morgan fingerprint density at radius 3 is 1.97 bits per heavy atom. The molecule has 6 nitrogen and oxygen atoms in total. The molecular weight excluding hydrogens is 390 g/mol. The lowest BCUT2D eigenvalue weighted by Gasteiger charge is -2.18. The highest BCUT2D eigenvalue weighted by Crippen LogP contribution is 2.23. The van der Waals surface area contributed by atoms with Crippen LogP contribution in [0.5, 0.6) is 5.75 Å². The minimum Gasteiger partial charge on any atom is -0.481 e. The van der Waals surface area contributed by atoms with Gasteiger partial charge < -0.3 is 10.1 Å². The molecule has 0 aliphatic heterocycles. The number of rotatable bonds is 6. The van der Waals surface area contributed by atoms with Gasteiger partial charge in [0.1, 0.15) is 5.75 Å². The summed E-state index contributed by atoms with van der Waals surface area (Å²) in [7, 11) is 0. The summed E-state index contributed by atoms with van der Waals surface area (Å²) in [5.74, 6) is 0.0744. The van der Waals surface area contributed by atoms with Gasteiger partial charge in [-0.05, 0) is 89.1 Å². The van der Waals surface area contributed by atoms with E-state index in [1.807, 2.05) is 58.9 Å². The van der Waals surface area contributed by atoms with Crippen LogP contribution in [0.15, 0.2) is 48.5 Å². The predicted octanol–water partition coefficient (Wildman–Crippen LogP) is 4.82. The number of hydrogen-bond acceptors (Lipinski definition) is 3. The van der Waals surface area contributed by atoms with Crippen LogP contribution in [0.25, 0.3) is 0 Å². The Morgan fingerprint density at radius 2 is 1.42 bits per heavy atom. The maximum atomic E-state index is 12.6. The van der Waals surface area contributed by atoms with Gasteiger partial charge >= 0.3 is 0 Å². The molecule has 0 aliphatic rings. The Hall–Kier alpha value is -3.54. The average Bonchev–Trinajstić information content (AvgIpc) is 3.03. The van der Waals surface area contributed by atoms with Crippen LogP contribution in [0, 0.1) is 34.6 Å². The van der Waals surface area contributed by atoms with E-state index in [1.165, 1.54) is 0 Å². The molecule has 2 amide bonds. The van der Waals surface area contributed by atoms with Crippen molar-refractivity contribution in [2.75, 3.05) is 10.7 Å². The molecule has 0 fully saturated rings. The van der Waals surface area contributed by atoms with Gasteiger partial charge in [-0.1, -0.05) is 17.7 Å². The Balaban J connectivity index is 1.62. The summed E-state index contributed by atoms with van der Waals surface area (Å²) in [6, 6.07) is 14.7. The van der Waals surface area contributed by atoms with Crippen LogP contribution in [0.3, 0.4) is 0 Å². The number of anilines is 1. The second-order valence-electron chi connectivity index (χ2n) is 7.94. The summed E-state index contributed by atoms with van der Waals surface area (Å²) in [6.07, 6.45) is -0.690. The van der Waals surface area contributed by atoms with Crippen molar-refractivity contribution in [3.05, 3.63) is 82.2 Å². The smallest absolute Gasteiger partial charge is 0.270 e. The molecule has 31 heavy (non-hydrogen) atoms. The van der Waals surface area contributed by atoms with Crippen molar-refractivity contribution in [3.63, 3.8) is 0 Å². The fourth-order valence-electron chi connectivity index (χ4n) is 3.56. The maximum Gasteiger partial charge on any atom is 0.270 e. The van der Waals surface area contributed by atoms with Crippen molar-refractivity contribution >= 4 is 17.5 Å². The number of amides is 2. The maximum absolute atomic E-state index is 12.6. The molecule has 3 aromatic rings. The van der Waals surface area contributed by atoms with Crippen LogP contribution in [0.4, 0.5) is 5.69 Å². The molecular formula is C25H29N3O3. The first-order valence-electron chi connectivity index (χ1n) is 10.3. The van der Waals surface area contributed by atoms with Crippen molar-refractivity contribution in [1.29, 1.82) is 0 Å². The van der Waals surface area contributed by atoms with Crippen molar-refractivity contribution in [1.82, 2.24) is 4.68 Å². The lowest BCUT2D eigenvalue weighted by Crippen LogP contribution is -2.30. The van der Waals surface area contributed by atoms with E-state index in [0.29, 0.717) is 11.3 Å². The van der Waals surface area contributed by atoms with Gasteiger partial charge in [-0.2, -0.15) is 0 Å². The largest absolute Gasteiger partial charge is 0.481 e. The van der Waals surface area contributed by atoms with Gasteiger partial charge in [-0.15, -0.1) is 0 Å². The number of hydrogen-bond donors (Lipinski definition) is 2. The molecule has 1 atom stereocenters. The first-order chi connectivity index (χ1) is 14.7. The molecule has 0 saturated carbocycles. The number of carbonyl (C=O) groups excluding carboxylic acids is 2. The first kappa shape index (κ1) is 22.2. The van der Waals surface area contributed by atoms with Gasteiger partial charge in [0.25, 0.3) is 11.8 Å². The summed E-state index contributed by atoms with van der Waals surface area (Å²) in [6.45, 7) is 11.5. The minimum absolute atomic E-state index is 0.218. The van der Waals surface area contributed by atoms with Crippen LogP contribution in [-0.4, -0.2) is 22.6 Å². The van der Waals surface area contributed by atoms with E-state index in [-0.39, 0.29) is 11.8 Å². The average molecular weight is 420 g/mol. The summed E-state index contributed by atoms with van der Waals surface area (Å²) < 4.78 is 7.53. The molecule has 1 heterocycles. The second kappa shape index (κ2) is 9.08. The predicted molar refractivity (Wildman–Crippen MR) is 123 cm³/mol. The van der Waals surface area contributed by atoms with E-state index in [2.05, 4.69) is 10.7 Å². The van der Waals surface area contributed by atoms with Crippen molar-refractivity contribution in [2.45, 2.75) is 47.6 Å². The van der Waals surface area contributed by atoms with Crippen molar-refractivity contribution < 1.29 is 14.3 Å². The Labute approximate surface area is 183 Å². The van der Waals surface area contributed by atoms with E-state index >= 15 is 0 Å². The number of nitrogens with zero attached hydrogens (tertiary/aromatic N) is 1. The third-order valence-electron chi connectivity index (χ3n) is 5.21. The summed E-state index contributed by atoms with van der Waals surface area (Å²) >= 11 is 0. The molecule has 0 spiro atoms. The molecule has 3 rings (SSSR count). The summed E-state index contributed by atoms with van der Waals surface area (Å²) in [5, 5.41) is 2.96. The number of nitrogens with one attached hydrogen (secondary N) is 2. The molecule has 2 N–H and O–H groups in total. The highest BCUT2D eigenvalue weighted by atomic mass is 16.5. The van der Waals surface area contributed by atoms with Gasteiger partial charge in [0, 0.05) is 22.6 Å². The highest BCUT2D eigenvalue weighted by molar-refractivity contribution is 6.00. The molecule has 0 saturated heterocycles. The van der Waals surface area contributed by atoms with Crippen molar-refractivity contribution in [3.8, 4) is 5.75 Å². The van der Waals surface area contributed by atoms with Gasteiger partial charge in [0.05, 0.1) is 0 Å². The lowest BCUT2D eigenvalue weighted by atomic mass is 10.0. The second-order valence-corrected chi connectivity index (χ2v) is 7.94. The molecule has 2 aromatic carbocycles. The number of ether oxygens (including phenoxy) is 1. The van der Waals surface area contributed by atoms with E-state index in [4.69, 9.17) is 4.74 Å². The van der Waals surface area contributed by atoms with Gasteiger partial charge in [0.2, 0.25) is 0 Å². The standard InChI is InChI=1S/C25H29N3O3/c1-15-13-16(2)23(17(3)14-15)26-24(29)20(6)31-22-11-9-21(10-12-22)25(30)27-28-18(4)7-8-19(28)5/h7-14,20H,1-6H3,(H,26,29)(H,27,30)/t20-/m1/s1. The van der Waals surface area contributed by atoms with E-state index in [0.717, 1.165) is 33.8 Å². The summed E-state index contributed by atoms with van der Waals surface area (Å²) in [5.41, 5.74) is 9.27. The van der Waals surface area contributed by atoms with Gasteiger partial charge in [-0.3, -0.25) is 19.7 Å². The normalized spacial score (nSPS) is 11.7. The van der Waals surface area contributed by atoms with Crippen LogP contribution in [0.2, 0.25) is 0 Å². The molecule has 162 valence electrons. The fourth-order valence-corrected chi connectivity index (χ4v) is 3.56. The Morgan fingerprint density at radius 1 is 0.871 bits per heavy atom. The number of aromatic nitrogens is 1. The lowest BCUT2D eigenvalue weighted by molar-refractivity contribution is -0.122. The summed E-state index contributed by atoms with van der Waals surface area (Å²) in [4.78, 5) is 25.1. The Bertz CT molecular complexity index is 1070. The number of aryl methyl sites for hydroxylation is 5. The third kappa shape index (κ3) is 5.15. The monoisotopic (exact) mass is 419 g/mol. The van der Waals surface area contributed by atoms with Crippen LogP contribution in [0.1, 0.15) is 45.4 Å². The van der Waals surface area contributed by atoms with Crippen molar-refractivity contribution in [2.24, 2.45) is 0 Å². The minimum atomic E-state index is -0.690. The van der Waals surface area contributed by atoms with Gasteiger partial charge in [-0.25, -0.2) is 0 Å². The zero-order valence-corrected chi connectivity index (χ0v) is 18.9. The fraction of sp³-hybridized carbons (Fsp3) is 0.280. The quantitative estimate of drug-likeness (QED) is 0.602. The third-order valence-corrected chi connectivity index (χ3v) is 5.21. The Kier molecular flexibility index (Phi) is 6.49. The topological polar surface area (TPSA) is 72.4 Å². The molecule has 1 aromatic heterocycles.